The Morgan fingerprint density at radius 1 is 1.00 bits per heavy atom. The van der Waals surface area contributed by atoms with Gasteiger partial charge in [0.15, 0.2) is 5.69 Å². The van der Waals surface area contributed by atoms with Gasteiger partial charge in [-0.25, -0.2) is 4.68 Å². The van der Waals surface area contributed by atoms with Crippen LogP contribution < -0.4 is 16.4 Å². The number of hydrogen-bond donors (Lipinski definition) is 2. The standard InChI is InChI=1S/C21H22N4O4/c1-13(2)25-21(28)17-7-5-4-6-16(17)18(24-25)20(27)23-22-19(26)15-10-8-14(9-11-15)12-29-3/h4-11,13H,12H2,1-3H3,(H,22,26)(H,23,27). The molecule has 150 valence electrons. The number of fused-ring (bicyclic) bond motifs is 1. The van der Waals surface area contributed by atoms with Crippen LogP contribution in [-0.4, -0.2) is 28.7 Å². The first-order valence-electron chi connectivity index (χ1n) is 9.12. The van der Waals surface area contributed by atoms with Gasteiger partial charge in [-0.05, 0) is 37.6 Å². The Bertz CT molecular complexity index is 1100. The zero-order valence-corrected chi connectivity index (χ0v) is 16.4. The minimum atomic E-state index is -0.611. The number of nitrogens with one attached hydrogen (secondary N) is 2. The molecule has 3 rings (SSSR count). The number of hydrogen-bond acceptors (Lipinski definition) is 5. The van der Waals surface area contributed by atoms with Crippen molar-refractivity contribution in [1.82, 2.24) is 20.6 Å². The number of benzene rings is 2. The highest BCUT2D eigenvalue weighted by Gasteiger charge is 2.18. The molecule has 0 radical (unpaired) electrons. The average Bonchev–Trinajstić information content (AvgIpc) is 2.72. The van der Waals surface area contributed by atoms with Crippen LogP contribution >= 0.6 is 0 Å². The first-order chi connectivity index (χ1) is 13.9. The molecule has 0 spiro atoms. The number of carbonyl (C=O) groups excluding carboxylic acids is 2. The molecule has 2 N–H and O–H groups in total. The summed E-state index contributed by atoms with van der Waals surface area (Å²) in [5.41, 5.74) is 5.86. The lowest BCUT2D eigenvalue weighted by Crippen LogP contribution is -2.43. The van der Waals surface area contributed by atoms with Crippen LogP contribution in [0.3, 0.4) is 0 Å². The third-order valence-electron chi connectivity index (χ3n) is 4.35. The molecule has 0 aliphatic heterocycles. The van der Waals surface area contributed by atoms with Crippen LogP contribution in [0.5, 0.6) is 0 Å². The molecule has 8 nitrogen and oxygen atoms in total. The molecule has 0 atom stereocenters. The molecule has 0 unspecified atom stereocenters. The maximum atomic E-state index is 12.7. The summed E-state index contributed by atoms with van der Waals surface area (Å²) in [5, 5.41) is 5.02. The molecule has 8 heteroatoms. The van der Waals surface area contributed by atoms with Crippen LogP contribution in [0.2, 0.25) is 0 Å². The number of carbonyl (C=O) groups is 2. The second-order valence-electron chi connectivity index (χ2n) is 6.78. The van der Waals surface area contributed by atoms with E-state index in [9.17, 15) is 14.4 Å². The quantitative estimate of drug-likeness (QED) is 0.646. The second-order valence-corrected chi connectivity index (χ2v) is 6.78. The van der Waals surface area contributed by atoms with Crippen LogP contribution in [0.25, 0.3) is 10.8 Å². The molecule has 2 amide bonds. The van der Waals surface area contributed by atoms with E-state index in [0.717, 1.165) is 5.56 Å². The van der Waals surface area contributed by atoms with Gasteiger partial charge >= 0.3 is 0 Å². The topological polar surface area (TPSA) is 102 Å². The molecule has 1 aromatic heterocycles. The van der Waals surface area contributed by atoms with Crippen LogP contribution in [0.15, 0.2) is 53.3 Å². The fourth-order valence-corrected chi connectivity index (χ4v) is 2.89. The number of rotatable bonds is 5. The van der Waals surface area contributed by atoms with Crippen LogP contribution in [0.1, 0.15) is 46.3 Å². The van der Waals surface area contributed by atoms with Gasteiger partial charge in [-0.15, -0.1) is 0 Å². The first-order valence-corrected chi connectivity index (χ1v) is 9.12. The number of aromatic nitrogens is 2. The van der Waals surface area contributed by atoms with Gasteiger partial charge in [0, 0.05) is 18.1 Å². The molecule has 3 aromatic rings. The monoisotopic (exact) mass is 394 g/mol. The summed E-state index contributed by atoms with van der Waals surface area (Å²) in [7, 11) is 1.59. The Morgan fingerprint density at radius 2 is 1.62 bits per heavy atom. The summed E-state index contributed by atoms with van der Waals surface area (Å²) in [5.74, 6) is -1.08. The summed E-state index contributed by atoms with van der Waals surface area (Å²) < 4.78 is 6.29. The second kappa shape index (κ2) is 8.66. The Labute approximate surface area is 167 Å². The van der Waals surface area contributed by atoms with E-state index in [1.54, 1.807) is 69.5 Å². The molecular formula is C21H22N4O4. The van der Waals surface area contributed by atoms with Crippen LogP contribution in [0, 0.1) is 0 Å². The van der Waals surface area contributed by atoms with Gasteiger partial charge < -0.3 is 4.74 Å². The summed E-state index contributed by atoms with van der Waals surface area (Å²) >= 11 is 0. The van der Waals surface area contributed by atoms with E-state index in [4.69, 9.17) is 4.74 Å². The van der Waals surface area contributed by atoms with Crippen molar-refractivity contribution in [3.8, 4) is 0 Å². The summed E-state index contributed by atoms with van der Waals surface area (Å²) in [6.45, 7) is 4.06. The third-order valence-corrected chi connectivity index (χ3v) is 4.35. The van der Waals surface area contributed by atoms with Gasteiger partial charge in [0.05, 0.1) is 18.0 Å². The fourth-order valence-electron chi connectivity index (χ4n) is 2.89. The van der Waals surface area contributed by atoms with Crippen molar-refractivity contribution in [3.05, 3.63) is 75.7 Å². The Kier molecular flexibility index (Phi) is 6.04. The molecule has 0 saturated carbocycles. The maximum Gasteiger partial charge on any atom is 0.290 e. The van der Waals surface area contributed by atoms with Crippen molar-refractivity contribution >= 4 is 22.6 Å². The van der Waals surface area contributed by atoms with Crippen molar-refractivity contribution in [3.63, 3.8) is 0 Å². The van der Waals surface area contributed by atoms with Crippen molar-refractivity contribution in [1.29, 1.82) is 0 Å². The zero-order chi connectivity index (χ0) is 21.0. The van der Waals surface area contributed by atoms with E-state index < -0.39 is 11.8 Å². The minimum Gasteiger partial charge on any atom is -0.380 e. The van der Waals surface area contributed by atoms with E-state index in [1.807, 2.05) is 0 Å². The Morgan fingerprint density at radius 3 is 2.24 bits per heavy atom. The summed E-state index contributed by atoms with van der Waals surface area (Å²) in [6, 6.07) is 13.4. The molecular weight excluding hydrogens is 372 g/mol. The van der Waals surface area contributed by atoms with Gasteiger partial charge in [-0.3, -0.25) is 25.2 Å². The number of methoxy groups -OCH3 is 1. The van der Waals surface area contributed by atoms with Gasteiger partial charge in [-0.1, -0.05) is 30.3 Å². The van der Waals surface area contributed by atoms with Crippen LogP contribution in [0.4, 0.5) is 0 Å². The lowest BCUT2D eigenvalue weighted by atomic mass is 10.1. The zero-order valence-electron chi connectivity index (χ0n) is 16.4. The molecule has 0 aliphatic carbocycles. The molecule has 0 bridgehead atoms. The smallest absolute Gasteiger partial charge is 0.290 e. The van der Waals surface area contributed by atoms with E-state index in [-0.39, 0.29) is 17.3 Å². The van der Waals surface area contributed by atoms with E-state index in [1.165, 1.54) is 4.68 Å². The van der Waals surface area contributed by atoms with Crippen molar-refractivity contribution < 1.29 is 14.3 Å². The third kappa shape index (κ3) is 4.33. The highest BCUT2D eigenvalue weighted by atomic mass is 16.5. The summed E-state index contributed by atoms with van der Waals surface area (Å²) in [6.07, 6.45) is 0. The average molecular weight is 394 g/mol. The molecule has 0 aliphatic rings. The molecule has 0 fully saturated rings. The minimum absolute atomic E-state index is 0.0599. The van der Waals surface area contributed by atoms with Crippen molar-refractivity contribution in [2.75, 3.05) is 7.11 Å². The highest BCUT2D eigenvalue weighted by molar-refractivity contribution is 6.06. The number of hydrazine groups is 1. The number of nitrogens with zero attached hydrogens (tertiary/aromatic N) is 2. The number of amides is 2. The van der Waals surface area contributed by atoms with Crippen molar-refractivity contribution in [2.24, 2.45) is 0 Å². The van der Waals surface area contributed by atoms with Crippen molar-refractivity contribution in [2.45, 2.75) is 26.5 Å². The van der Waals surface area contributed by atoms with Gasteiger partial charge in [0.1, 0.15) is 0 Å². The first kappa shape index (κ1) is 20.2. The van der Waals surface area contributed by atoms with E-state index >= 15 is 0 Å². The normalized spacial score (nSPS) is 10.9. The van der Waals surface area contributed by atoms with E-state index in [2.05, 4.69) is 16.0 Å². The lowest BCUT2D eigenvalue weighted by molar-refractivity contribution is 0.0843. The molecule has 0 saturated heterocycles. The van der Waals surface area contributed by atoms with Crippen LogP contribution in [-0.2, 0) is 11.3 Å². The Hall–Kier alpha value is -3.52. The largest absolute Gasteiger partial charge is 0.380 e. The van der Waals surface area contributed by atoms with Gasteiger partial charge in [0.25, 0.3) is 17.4 Å². The predicted molar refractivity (Wildman–Crippen MR) is 108 cm³/mol. The fraction of sp³-hybridized carbons (Fsp3) is 0.238. The summed E-state index contributed by atoms with van der Waals surface area (Å²) in [4.78, 5) is 37.6. The maximum absolute atomic E-state index is 12.7. The number of ether oxygens (including phenoxy) is 1. The van der Waals surface area contributed by atoms with Gasteiger partial charge in [-0.2, -0.15) is 5.10 Å². The van der Waals surface area contributed by atoms with E-state index in [0.29, 0.717) is 22.9 Å². The van der Waals surface area contributed by atoms with Gasteiger partial charge in [0.2, 0.25) is 0 Å². The lowest BCUT2D eigenvalue weighted by Gasteiger charge is -2.14. The molecule has 29 heavy (non-hydrogen) atoms. The highest BCUT2D eigenvalue weighted by Crippen LogP contribution is 2.14. The molecule has 1 heterocycles. The predicted octanol–water partition coefficient (Wildman–Crippen LogP) is 2.20. The Balaban J connectivity index is 1.82. The SMILES string of the molecule is COCc1ccc(C(=O)NNC(=O)c2nn(C(C)C)c(=O)c3ccccc23)cc1. The molecule has 2 aromatic carbocycles.